The Morgan fingerprint density at radius 1 is 1.38 bits per heavy atom. The zero-order valence-electron chi connectivity index (χ0n) is 17.5. The van der Waals surface area contributed by atoms with E-state index in [1.54, 1.807) is 14.2 Å². The van der Waals surface area contributed by atoms with Crippen molar-refractivity contribution in [2.24, 2.45) is 4.99 Å². The van der Waals surface area contributed by atoms with Gasteiger partial charge in [-0.3, -0.25) is 4.99 Å². The number of hydrogen-bond donors (Lipinski definition) is 2. The monoisotopic (exact) mass is 419 g/mol. The molecule has 0 spiro atoms. The van der Waals surface area contributed by atoms with Crippen molar-refractivity contribution in [3.05, 3.63) is 46.5 Å². The number of ether oxygens (including phenoxy) is 1. The van der Waals surface area contributed by atoms with Crippen LogP contribution in [0, 0.1) is 0 Å². The number of hydrogen-bond acceptors (Lipinski definition) is 5. The standard InChI is InChI=1S/C20H30ClN7O/c1-22-20(23-11-17(27(2)3)14-5-7-15(21)8-6-14)24-16-9-10-19-25-18(13-29-4)26-28(19)12-16/h5-8,16-17H,9-13H2,1-4H3,(H2,22,23,24). The Kier molecular flexibility index (Phi) is 7.46. The summed E-state index contributed by atoms with van der Waals surface area (Å²) in [5.74, 6) is 2.55. The molecule has 1 aliphatic heterocycles. The van der Waals surface area contributed by atoms with Gasteiger partial charge in [-0.25, -0.2) is 9.67 Å². The van der Waals surface area contributed by atoms with Crippen molar-refractivity contribution in [3.8, 4) is 0 Å². The van der Waals surface area contributed by atoms with E-state index in [1.165, 1.54) is 5.56 Å². The van der Waals surface area contributed by atoms with Crippen molar-refractivity contribution in [1.29, 1.82) is 0 Å². The summed E-state index contributed by atoms with van der Waals surface area (Å²) in [6.07, 6.45) is 1.87. The normalized spacial score (nSPS) is 17.9. The van der Waals surface area contributed by atoms with Crippen LogP contribution in [0.4, 0.5) is 0 Å². The third kappa shape index (κ3) is 5.68. The fourth-order valence-corrected chi connectivity index (χ4v) is 3.66. The molecule has 2 heterocycles. The molecule has 0 saturated heterocycles. The lowest BCUT2D eigenvalue weighted by Gasteiger charge is -2.28. The largest absolute Gasteiger partial charge is 0.377 e. The van der Waals surface area contributed by atoms with E-state index in [-0.39, 0.29) is 12.1 Å². The second kappa shape index (κ2) is 10.0. The molecule has 0 aliphatic carbocycles. The zero-order valence-corrected chi connectivity index (χ0v) is 18.3. The molecule has 0 saturated carbocycles. The van der Waals surface area contributed by atoms with Crippen LogP contribution in [0.2, 0.25) is 5.02 Å². The third-order valence-corrected chi connectivity index (χ3v) is 5.33. The molecule has 9 heteroatoms. The van der Waals surface area contributed by atoms with E-state index in [2.05, 4.69) is 56.8 Å². The molecule has 2 aromatic rings. The van der Waals surface area contributed by atoms with Gasteiger partial charge in [-0.1, -0.05) is 23.7 Å². The van der Waals surface area contributed by atoms with E-state index < -0.39 is 0 Å². The van der Waals surface area contributed by atoms with Gasteiger partial charge in [0.1, 0.15) is 12.4 Å². The number of benzene rings is 1. The fourth-order valence-electron chi connectivity index (χ4n) is 3.53. The first kappa shape index (κ1) is 21.5. The maximum Gasteiger partial charge on any atom is 0.191 e. The highest BCUT2D eigenvalue weighted by Gasteiger charge is 2.23. The van der Waals surface area contributed by atoms with Crippen LogP contribution in [0.25, 0.3) is 0 Å². The van der Waals surface area contributed by atoms with E-state index in [4.69, 9.17) is 16.3 Å². The van der Waals surface area contributed by atoms with E-state index >= 15 is 0 Å². The van der Waals surface area contributed by atoms with Crippen LogP contribution in [-0.4, -0.2) is 66.5 Å². The summed E-state index contributed by atoms with van der Waals surface area (Å²) in [5.41, 5.74) is 1.21. The molecular weight excluding hydrogens is 390 g/mol. The molecule has 0 bridgehead atoms. The van der Waals surface area contributed by atoms with Gasteiger partial charge in [-0.15, -0.1) is 0 Å². The number of guanidine groups is 1. The Hall–Kier alpha value is -2.16. The van der Waals surface area contributed by atoms with Crippen molar-refractivity contribution in [2.75, 3.05) is 34.8 Å². The molecule has 0 amide bonds. The minimum atomic E-state index is 0.204. The Morgan fingerprint density at radius 2 is 2.14 bits per heavy atom. The Morgan fingerprint density at radius 3 is 2.79 bits per heavy atom. The summed E-state index contributed by atoms with van der Waals surface area (Å²) in [5, 5.41) is 12.3. The van der Waals surface area contributed by atoms with Crippen molar-refractivity contribution in [3.63, 3.8) is 0 Å². The first-order chi connectivity index (χ1) is 14.0. The van der Waals surface area contributed by atoms with Crippen molar-refractivity contribution < 1.29 is 4.74 Å². The van der Waals surface area contributed by atoms with E-state index in [0.717, 1.165) is 48.6 Å². The lowest BCUT2D eigenvalue weighted by molar-refractivity contribution is 0.177. The first-order valence-electron chi connectivity index (χ1n) is 9.80. The van der Waals surface area contributed by atoms with Crippen LogP contribution in [0.3, 0.4) is 0 Å². The van der Waals surface area contributed by atoms with E-state index in [0.29, 0.717) is 6.61 Å². The molecule has 2 unspecified atom stereocenters. The minimum Gasteiger partial charge on any atom is -0.377 e. The molecule has 1 aliphatic rings. The molecule has 2 N–H and O–H groups in total. The van der Waals surface area contributed by atoms with Crippen molar-refractivity contribution in [1.82, 2.24) is 30.3 Å². The number of aromatic nitrogens is 3. The SMILES string of the molecule is CN=C(NCC(c1ccc(Cl)cc1)N(C)C)NC1CCc2nc(COC)nn2C1. The van der Waals surface area contributed by atoms with Gasteiger partial charge in [0, 0.05) is 38.2 Å². The molecular formula is C20H30ClN7O. The number of fused-ring (bicyclic) bond motifs is 1. The summed E-state index contributed by atoms with van der Waals surface area (Å²) in [4.78, 5) is 11.1. The van der Waals surface area contributed by atoms with Gasteiger partial charge < -0.3 is 20.3 Å². The van der Waals surface area contributed by atoms with Crippen molar-refractivity contribution >= 4 is 17.6 Å². The van der Waals surface area contributed by atoms with E-state index in [1.807, 2.05) is 16.8 Å². The van der Waals surface area contributed by atoms with Crippen LogP contribution in [0.15, 0.2) is 29.3 Å². The highest BCUT2D eigenvalue weighted by atomic mass is 35.5. The predicted octanol–water partition coefficient (Wildman–Crippen LogP) is 1.86. The molecule has 1 aromatic carbocycles. The highest BCUT2D eigenvalue weighted by Crippen LogP contribution is 2.20. The van der Waals surface area contributed by atoms with Crippen molar-refractivity contribution in [2.45, 2.75) is 38.1 Å². The lowest BCUT2D eigenvalue weighted by Crippen LogP contribution is -2.48. The second-order valence-electron chi connectivity index (χ2n) is 7.42. The lowest BCUT2D eigenvalue weighted by atomic mass is 10.1. The smallest absolute Gasteiger partial charge is 0.191 e. The van der Waals surface area contributed by atoms with Crippen LogP contribution < -0.4 is 10.6 Å². The molecule has 1 aromatic heterocycles. The first-order valence-corrected chi connectivity index (χ1v) is 10.2. The van der Waals surface area contributed by atoms with E-state index in [9.17, 15) is 0 Å². The topological polar surface area (TPSA) is 79.6 Å². The van der Waals surface area contributed by atoms with Crippen LogP contribution in [-0.2, 0) is 24.3 Å². The quantitative estimate of drug-likeness (QED) is 0.526. The number of aryl methyl sites for hydroxylation is 1. The van der Waals surface area contributed by atoms with Crippen LogP contribution in [0.5, 0.6) is 0 Å². The number of methoxy groups -OCH3 is 1. The maximum absolute atomic E-state index is 6.03. The van der Waals surface area contributed by atoms with Gasteiger partial charge in [0.2, 0.25) is 0 Å². The zero-order chi connectivity index (χ0) is 20.8. The summed E-state index contributed by atoms with van der Waals surface area (Å²) in [6, 6.07) is 8.44. The predicted molar refractivity (Wildman–Crippen MR) is 115 cm³/mol. The maximum atomic E-state index is 6.03. The third-order valence-electron chi connectivity index (χ3n) is 5.08. The van der Waals surface area contributed by atoms with Gasteiger partial charge in [-0.05, 0) is 38.2 Å². The van der Waals surface area contributed by atoms with Crippen LogP contribution >= 0.6 is 11.6 Å². The summed E-state index contributed by atoms with van der Waals surface area (Å²) < 4.78 is 7.11. The van der Waals surface area contributed by atoms with Gasteiger partial charge >= 0.3 is 0 Å². The highest BCUT2D eigenvalue weighted by molar-refractivity contribution is 6.30. The Bertz CT molecular complexity index is 819. The second-order valence-corrected chi connectivity index (χ2v) is 7.86. The number of aliphatic imine (C=N–C) groups is 1. The van der Waals surface area contributed by atoms with Gasteiger partial charge in [0.25, 0.3) is 0 Å². The van der Waals surface area contributed by atoms with Crippen LogP contribution in [0.1, 0.15) is 29.7 Å². The summed E-state index contributed by atoms with van der Waals surface area (Å²) in [7, 11) is 7.60. The van der Waals surface area contributed by atoms with Gasteiger partial charge in [0.05, 0.1) is 12.6 Å². The number of rotatable bonds is 7. The molecule has 29 heavy (non-hydrogen) atoms. The molecule has 2 atom stereocenters. The minimum absolute atomic E-state index is 0.204. The Labute approximate surface area is 177 Å². The van der Waals surface area contributed by atoms with Gasteiger partial charge in [0.15, 0.2) is 11.8 Å². The molecule has 3 rings (SSSR count). The number of nitrogens with one attached hydrogen (secondary N) is 2. The Balaban J connectivity index is 1.58. The van der Waals surface area contributed by atoms with Gasteiger partial charge in [-0.2, -0.15) is 5.10 Å². The number of nitrogens with zero attached hydrogens (tertiary/aromatic N) is 5. The summed E-state index contributed by atoms with van der Waals surface area (Å²) >= 11 is 6.03. The average Bonchev–Trinajstić information content (AvgIpc) is 3.10. The fraction of sp³-hybridized carbons (Fsp3) is 0.550. The average molecular weight is 420 g/mol. The summed E-state index contributed by atoms with van der Waals surface area (Å²) in [6.45, 7) is 1.94. The molecule has 158 valence electrons. The molecule has 0 radical (unpaired) electrons. The number of halogens is 1. The molecule has 8 nitrogen and oxygen atoms in total. The number of likely N-dealkylation sites (N-methyl/N-ethyl adjacent to an activating group) is 1. The molecule has 0 fully saturated rings.